The number of benzene rings is 3. The van der Waals surface area contributed by atoms with Gasteiger partial charge in [0.05, 0.1) is 22.0 Å². The molecule has 2 amide bonds. The molecular weight excluding hydrogens is 600 g/mol. The first-order valence-electron chi connectivity index (χ1n) is 13.7. The van der Waals surface area contributed by atoms with E-state index in [-0.39, 0.29) is 55.9 Å². The minimum absolute atomic E-state index is 0.0737. The van der Waals surface area contributed by atoms with Crippen molar-refractivity contribution in [2.75, 3.05) is 17.1 Å². The summed E-state index contributed by atoms with van der Waals surface area (Å²) in [6.45, 7) is 3.81. The van der Waals surface area contributed by atoms with Crippen LogP contribution in [0.4, 0.5) is 10.1 Å². The minimum Gasteiger partial charge on any atom is -0.352 e. The molecule has 0 radical (unpaired) electrons. The van der Waals surface area contributed by atoms with Gasteiger partial charge >= 0.3 is 0 Å². The highest BCUT2D eigenvalue weighted by molar-refractivity contribution is 7.92. The largest absolute Gasteiger partial charge is 0.352 e. The number of para-hydroxylation sites is 1. The molecule has 0 saturated heterocycles. The number of amides is 2. The van der Waals surface area contributed by atoms with Gasteiger partial charge in [0, 0.05) is 32.0 Å². The summed E-state index contributed by atoms with van der Waals surface area (Å²) in [7, 11) is -3.83. The molecule has 11 heteroatoms. The van der Waals surface area contributed by atoms with Crippen LogP contribution < -0.4 is 9.62 Å². The Morgan fingerprint density at radius 3 is 2.24 bits per heavy atom. The van der Waals surface area contributed by atoms with Crippen molar-refractivity contribution in [2.45, 2.75) is 58.2 Å². The van der Waals surface area contributed by atoms with Crippen molar-refractivity contribution < 1.29 is 22.4 Å². The molecule has 0 spiro atoms. The Balaban J connectivity index is 1.92. The van der Waals surface area contributed by atoms with Gasteiger partial charge in [-0.05, 0) is 55.2 Å². The summed E-state index contributed by atoms with van der Waals surface area (Å²) in [4.78, 5) is 29.0. The number of halogens is 3. The van der Waals surface area contributed by atoms with Gasteiger partial charge in [-0.15, -0.1) is 0 Å². The van der Waals surface area contributed by atoms with Crippen molar-refractivity contribution in [1.82, 2.24) is 10.2 Å². The summed E-state index contributed by atoms with van der Waals surface area (Å²) in [5, 5.41) is 3.69. The summed E-state index contributed by atoms with van der Waals surface area (Å²) >= 11 is 12.4. The van der Waals surface area contributed by atoms with Crippen LogP contribution in [-0.2, 0) is 32.6 Å². The highest BCUT2D eigenvalue weighted by Crippen LogP contribution is 2.26. The van der Waals surface area contributed by atoms with E-state index in [0.717, 1.165) is 16.1 Å². The highest BCUT2D eigenvalue weighted by Gasteiger charge is 2.31. The number of nitrogens with zero attached hydrogens (tertiary/aromatic N) is 2. The number of nitrogens with one attached hydrogen (secondary N) is 1. The van der Waals surface area contributed by atoms with E-state index in [1.165, 1.54) is 23.1 Å². The first-order valence-corrected chi connectivity index (χ1v) is 16.3. The van der Waals surface area contributed by atoms with Gasteiger partial charge in [0.2, 0.25) is 21.8 Å². The van der Waals surface area contributed by atoms with Crippen molar-refractivity contribution in [3.63, 3.8) is 0 Å². The molecule has 0 saturated carbocycles. The van der Waals surface area contributed by atoms with Gasteiger partial charge in [0.15, 0.2) is 0 Å². The molecule has 0 aliphatic rings. The van der Waals surface area contributed by atoms with Gasteiger partial charge in [-0.25, -0.2) is 12.8 Å². The van der Waals surface area contributed by atoms with Gasteiger partial charge in [0.25, 0.3) is 0 Å². The van der Waals surface area contributed by atoms with Crippen LogP contribution in [0.15, 0.2) is 72.8 Å². The highest BCUT2D eigenvalue weighted by atomic mass is 35.5. The number of hydrogen-bond acceptors (Lipinski definition) is 4. The third-order valence-electron chi connectivity index (χ3n) is 6.88. The molecule has 0 aliphatic carbocycles. The average Bonchev–Trinajstić information content (AvgIpc) is 2.95. The van der Waals surface area contributed by atoms with E-state index in [0.29, 0.717) is 22.0 Å². The molecule has 0 bridgehead atoms. The first kappa shape index (κ1) is 33.4. The molecule has 3 rings (SSSR count). The normalized spacial score (nSPS) is 12.8. The maximum atomic E-state index is 14.5. The van der Waals surface area contributed by atoms with Crippen molar-refractivity contribution in [2.24, 2.45) is 0 Å². The molecule has 3 aromatic rings. The molecule has 2 atom stereocenters. The molecule has 226 valence electrons. The lowest BCUT2D eigenvalue weighted by Crippen LogP contribution is -2.52. The molecule has 2 unspecified atom stereocenters. The second-order valence-corrected chi connectivity index (χ2v) is 12.9. The lowest BCUT2D eigenvalue weighted by Gasteiger charge is -2.33. The molecule has 3 aromatic carbocycles. The average molecular weight is 637 g/mol. The third-order valence-corrected chi connectivity index (χ3v) is 8.80. The lowest BCUT2D eigenvalue weighted by atomic mass is 10.0. The van der Waals surface area contributed by atoms with Crippen LogP contribution in [-0.4, -0.2) is 50.0 Å². The Morgan fingerprint density at radius 1 is 0.952 bits per heavy atom. The fourth-order valence-electron chi connectivity index (χ4n) is 4.47. The van der Waals surface area contributed by atoms with E-state index < -0.39 is 21.9 Å². The molecule has 0 aromatic heterocycles. The molecule has 1 N–H and O–H groups in total. The summed E-state index contributed by atoms with van der Waals surface area (Å²) < 4.78 is 40.5. The van der Waals surface area contributed by atoms with Crippen LogP contribution in [0.25, 0.3) is 0 Å². The molecule has 0 fully saturated rings. The number of rotatable bonds is 14. The van der Waals surface area contributed by atoms with E-state index in [2.05, 4.69) is 5.32 Å². The van der Waals surface area contributed by atoms with E-state index in [1.54, 1.807) is 24.3 Å². The van der Waals surface area contributed by atoms with Gasteiger partial charge < -0.3 is 10.2 Å². The van der Waals surface area contributed by atoms with E-state index in [9.17, 15) is 22.4 Å². The number of sulfonamides is 1. The van der Waals surface area contributed by atoms with Crippen molar-refractivity contribution >= 4 is 50.7 Å². The van der Waals surface area contributed by atoms with E-state index >= 15 is 0 Å². The predicted octanol–water partition coefficient (Wildman–Crippen LogP) is 6.23. The second kappa shape index (κ2) is 15.4. The Bertz CT molecular complexity index is 1470. The van der Waals surface area contributed by atoms with Crippen LogP contribution in [0.2, 0.25) is 10.0 Å². The van der Waals surface area contributed by atoms with Crippen LogP contribution >= 0.6 is 23.2 Å². The first-order chi connectivity index (χ1) is 19.9. The Morgan fingerprint density at radius 2 is 1.62 bits per heavy atom. The van der Waals surface area contributed by atoms with E-state index in [4.69, 9.17) is 23.2 Å². The third kappa shape index (κ3) is 9.44. The monoisotopic (exact) mass is 635 g/mol. The van der Waals surface area contributed by atoms with Crippen LogP contribution in [0.1, 0.15) is 44.2 Å². The van der Waals surface area contributed by atoms with Crippen molar-refractivity contribution in [3.05, 3.63) is 99.8 Å². The number of hydrogen-bond donors (Lipinski definition) is 1. The zero-order valence-corrected chi connectivity index (χ0v) is 26.2. The zero-order chi connectivity index (χ0) is 30.9. The molecule has 0 heterocycles. The zero-order valence-electron chi connectivity index (χ0n) is 23.9. The second-order valence-electron chi connectivity index (χ2n) is 10.2. The number of carbonyl (C=O) groups is 2. The Labute approximate surface area is 257 Å². The smallest absolute Gasteiger partial charge is 0.243 e. The van der Waals surface area contributed by atoms with Gasteiger partial charge in [-0.1, -0.05) is 78.7 Å². The molecule has 0 aliphatic heterocycles. The predicted molar refractivity (Wildman–Crippen MR) is 167 cm³/mol. The number of anilines is 1. The van der Waals surface area contributed by atoms with E-state index in [1.807, 2.05) is 44.2 Å². The fourth-order valence-corrected chi connectivity index (χ4v) is 5.75. The number of carbonyl (C=O) groups excluding carboxylic acids is 2. The van der Waals surface area contributed by atoms with Crippen LogP contribution in [0.5, 0.6) is 0 Å². The summed E-state index contributed by atoms with van der Waals surface area (Å²) in [6.07, 6.45) is 1.99. The van der Waals surface area contributed by atoms with Crippen molar-refractivity contribution in [1.29, 1.82) is 0 Å². The Kier molecular flexibility index (Phi) is 12.2. The summed E-state index contributed by atoms with van der Waals surface area (Å²) in [6, 6.07) is 19.0. The van der Waals surface area contributed by atoms with Crippen LogP contribution in [0, 0.1) is 5.82 Å². The SMILES string of the molecule is CCC(C)NC(=O)C(Cc1ccccc1)N(Cc1ccc(Cl)c(Cl)c1)C(=O)CCCN(c1ccccc1F)S(C)(=O)=O. The van der Waals surface area contributed by atoms with Crippen LogP contribution in [0.3, 0.4) is 0 Å². The Hall–Kier alpha value is -3.14. The molecule has 7 nitrogen and oxygen atoms in total. The van der Waals surface area contributed by atoms with Gasteiger partial charge in [-0.3, -0.25) is 13.9 Å². The lowest BCUT2D eigenvalue weighted by molar-refractivity contribution is -0.141. The minimum atomic E-state index is -3.83. The molecule has 42 heavy (non-hydrogen) atoms. The van der Waals surface area contributed by atoms with Gasteiger partial charge in [-0.2, -0.15) is 0 Å². The summed E-state index contributed by atoms with van der Waals surface area (Å²) in [5.41, 5.74) is 1.46. The topological polar surface area (TPSA) is 86.8 Å². The van der Waals surface area contributed by atoms with Crippen molar-refractivity contribution in [3.8, 4) is 0 Å². The van der Waals surface area contributed by atoms with Gasteiger partial charge in [0.1, 0.15) is 11.9 Å². The quantitative estimate of drug-likeness (QED) is 0.227. The standard InChI is InChI=1S/C31H36Cl2FN3O4S/c1-4-22(2)35-31(39)29(20-23-11-6-5-7-12-23)36(21-24-16-17-25(32)26(33)19-24)30(38)15-10-18-37(42(3,40)41)28-14-9-8-13-27(28)34/h5-9,11-14,16-17,19,22,29H,4,10,15,18,20-21H2,1-3H3,(H,35,39). The summed E-state index contributed by atoms with van der Waals surface area (Å²) in [5.74, 6) is -1.34. The fraction of sp³-hybridized carbons (Fsp3) is 0.355. The maximum Gasteiger partial charge on any atom is 0.243 e. The maximum absolute atomic E-state index is 14.5. The molecular formula is C31H36Cl2FN3O4S.